The minimum atomic E-state index is -0.332. The number of ether oxygens (including phenoxy) is 1. The maximum absolute atomic E-state index is 12.0. The number of benzene rings is 1. The van der Waals surface area contributed by atoms with Gasteiger partial charge in [-0.15, -0.1) is 0 Å². The minimum absolute atomic E-state index is 0.165. The van der Waals surface area contributed by atoms with Crippen molar-refractivity contribution in [1.29, 1.82) is 0 Å². The SMILES string of the molecule is NC1COCC1C(=O)Nc1ccc2[nH]c(=O)[nH]c2c1. The third-order valence-electron chi connectivity index (χ3n) is 3.24. The quantitative estimate of drug-likeness (QED) is 0.598. The lowest BCUT2D eigenvalue weighted by Gasteiger charge is -2.13. The monoisotopic (exact) mass is 262 g/mol. The average molecular weight is 262 g/mol. The number of nitrogens with two attached hydrogens (primary N) is 1. The number of rotatable bonds is 2. The highest BCUT2D eigenvalue weighted by Crippen LogP contribution is 2.18. The Labute approximate surface area is 108 Å². The van der Waals surface area contributed by atoms with E-state index in [1.54, 1.807) is 18.2 Å². The molecule has 1 saturated heterocycles. The van der Waals surface area contributed by atoms with Gasteiger partial charge in [0.15, 0.2) is 0 Å². The molecule has 0 aliphatic carbocycles. The Kier molecular flexibility index (Phi) is 2.84. The second kappa shape index (κ2) is 4.52. The topological polar surface area (TPSA) is 113 Å². The van der Waals surface area contributed by atoms with Crippen LogP contribution in [0.2, 0.25) is 0 Å². The number of hydrogen-bond acceptors (Lipinski definition) is 4. The van der Waals surface area contributed by atoms with Gasteiger partial charge < -0.3 is 25.8 Å². The van der Waals surface area contributed by atoms with E-state index in [4.69, 9.17) is 10.5 Å². The number of amides is 1. The van der Waals surface area contributed by atoms with Gasteiger partial charge in [-0.2, -0.15) is 0 Å². The number of anilines is 1. The Morgan fingerprint density at radius 3 is 2.84 bits per heavy atom. The van der Waals surface area contributed by atoms with E-state index < -0.39 is 0 Å². The summed E-state index contributed by atoms with van der Waals surface area (Å²) in [6.45, 7) is 0.748. The van der Waals surface area contributed by atoms with E-state index in [9.17, 15) is 9.59 Å². The van der Waals surface area contributed by atoms with Crippen LogP contribution in [0.3, 0.4) is 0 Å². The summed E-state index contributed by atoms with van der Waals surface area (Å²) in [5.74, 6) is -0.497. The molecular weight excluding hydrogens is 248 g/mol. The molecule has 1 aliphatic heterocycles. The standard InChI is InChI=1S/C12H14N4O3/c13-8-5-19-4-7(8)11(17)14-6-1-2-9-10(3-6)16-12(18)15-9/h1-3,7-8H,4-5,13H2,(H,14,17)(H2,15,16,18). The predicted molar refractivity (Wildman–Crippen MR) is 69.8 cm³/mol. The molecule has 0 radical (unpaired) electrons. The summed E-state index contributed by atoms with van der Waals surface area (Å²) in [5, 5.41) is 2.78. The molecule has 1 aromatic heterocycles. The van der Waals surface area contributed by atoms with Crippen molar-refractivity contribution in [3.8, 4) is 0 Å². The van der Waals surface area contributed by atoms with Crippen molar-refractivity contribution in [3.05, 3.63) is 28.7 Å². The summed E-state index contributed by atoms with van der Waals surface area (Å²) < 4.78 is 5.16. The lowest BCUT2D eigenvalue weighted by Crippen LogP contribution is -2.37. The first-order valence-electron chi connectivity index (χ1n) is 6.00. The summed E-state index contributed by atoms with van der Waals surface area (Å²) in [7, 11) is 0. The first kappa shape index (κ1) is 11.9. The maximum Gasteiger partial charge on any atom is 0.323 e. The largest absolute Gasteiger partial charge is 0.379 e. The summed E-state index contributed by atoms with van der Waals surface area (Å²) >= 11 is 0. The van der Waals surface area contributed by atoms with E-state index in [0.717, 1.165) is 0 Å². The third-order valence-corrected chi connectivity index (χ3v) is 3.24. The van der Waals surface area contributed by atoms with Gasteiger partial charge in [-0.05, 0) is 18.2 Å². The van der Waals surface area contributed by atoms with E-state index in [1.807, 2.05) is 0 Å². The molecule has 2 heterocycles. The molecule has 7 heteroatoms. The number of aromatic nitrogens is 2. The minimum Gasteiger partial charge on any atom is -0.379 e. The van der Waals surface area contributed by atoms with Gasteiger partial charge >= 0.3 is 5.69 Å². The lowest BCUT2D eigenvalue weighted by atomic mass is 10.0. The Hall–Kier alpha value is -2.12. The molecule has 3 rings (SSSR count). The molecule has 100 valence electrons. The Morgan fingerprint density at radius 1 is 1.32 bits per heavy atom. The molecule has 19 heavy (non-hydrogen) atoms. The van der Waals surface area contributed by atoms with Crippen molar-refractivity contribution in [2.24, 2.45) is 11.7 Å². The summed E-state index contributed by atoms with van der Waals surface area (Å²) in [6.07, 6.45) is 0. The van der Waals surface area contributed by atoms with E-state index >= 15 is 0 Å². The smallest absolute Gasteiger partial charge is 0.323 e. The molecule has 0 bridgehead atoms. The van der Waals surface area contributed by atoms with Crippen LogP contribution in [-0.2, 0) is 9.53 Å². The van der Waals surface area contributed by atoms with Crippen molar-refractivity contribution in [1.82, 2.24) is 9.97 Å². The van der Waals surface area contributed by atoms with Crippen LogP contribution in [-0.4, -0.2) is 35.1 Å². The zero-order valence-corrected chi connectivity index (χ0v) is 10.1. The molecule has 1 aliphatic rings. The Morgan fingerprint density at radius 2 is 2.11 bits per heavy atom. The number of nitrogens with one attached hydrogen (secondary N) is 3. The molecule has 2 aromatic rings. The predicted octanol–water partition coefficient (Wildman–Crippen LogP) is -0.232. The Balaban J connectivity index is 1.80. The molecular formula is C12H14N4O3. The van der Waals surface area contributed by atoms with Crippen LogP contribution in [0.5, 0.6) is 0 Å². The van der Waals surface area contributed by atoms with E-state index in [0.29, 0.717) is 29.9 Å². The van der Waals surface area contributed by atoms with Gasteiger partial charge in [-0.1, -0.05) is 0 Å². The summed E-state index contributed by atoms with van der Waals surface area (Å²) in [4.78, 5) is 28.4. The van der Waals surface area contributed by atoms with E-state index in [-0.39, 0.29) is 23.6 Å². The molecule has 1 fully saturated rings. The number of imidazole rings is 1. The molecule has 1 aromatic carbocycles. The highest BCUT2D eigenvalue weighted by atomic mass is 16.5. The summed E-state index contributed by atoms with van der Waals surface area (Å²) in [5.41, 5.74) is 7.48. The molecule has 2 atom stereocenters. The molecule has 2 unspecified atom stereocenters. The second-order valence-corrected chi connectivity index (χ2v) is 4.64. The van der Waals surface area contributed by atoms with Crippen LogP contribution < -0.4 is 16.7 Å². The van der Waals surface area contributed by atoms with Gasteiger partial charge in [0.05, 0.1) is 30.2 Å². The normalized spacial score (nSPS) is 22.8. The fraction of sp³-hybridized carbons (Fsp3) is 0.333. The van der Waals surface area contributed by atoms with Gasteiger partial charge in [0, 0.05) is 11.7 Å². The molecule has 7 nitrogen and oxygen atoms in total. The number of hydrogen-bond donors (Lipinski definition) is 4. The average Bonchev–Trinajstić information content (AvgIpc) is 2.93. The van der Waals surface area contributed by atoms with Crippen molar-refractivity contribution in [3.63, 3.8) is 0 Å². The first-order valence-corrected chi connectivity index (χ1v) is 6.00. The van der Waals surface area contributed by atoms with Crippen molar-refractivity contribution in [2.75, 3.05) is 18.5 Å². The van der Waals surface area contributed by atoms with Crippen LogP contribution in [0.25, 0.3) is 11.0 Å². The summed E-state index contributed by atoms with van der Waals surface area (Å²) in [6, 6.07) is 4.89. The van der Waals surface area contributed by atoms with Gasteiger partial charge in [-0.25, -0.2) is 4.79 Å². The van der Waals surface area contributed by atoms with E-state index in [2.05, 4.69) is 15.3 Å². The molecule has 5 N–H and O–H groups in total. The van der Waals surface area contributed by atoms with Gasteiger partial charge in [0.1, 0.15) is 0 Å². The van der Waals surface area contributed by atoms with Crippen molar-refractivity contribution >= 4 is 22.6 Å². The van der Waals surface area contributed by atoms with Crippen LogP contribution >= 0.6 is 0 Å². The number of carbonyl (C=O) groups excluding carboxylic acids is 1. The highest BCUT2D eigenvalue weighted by Gasteiger charge is 2.31. The fourth-order valence-corrected chi connectivity index (χ4v) is 2.19. The van der Waals surface area contributed by atoms with Gasteiger partial charge in [-0.3, -0.25) is 4.79 Å². The van der Waals surface area contributed by atoms with Crippen molar-refractivity contribution < 1.29 is 9.53 Å². The molecule has 0 spiro atoms. The number of carbonyl (C=O) groups is 1. The van der Waals surface area contributed by atoms with Crippen LogP contribution in [0.1, 0.15) is 0 Å². The highest BCUT2D eigenvalue weighted by molar-refractivity contribution is 5.95. The van der Waals surface area contributed by atoms with Gasteiger partial charge in [0.2, 0.25) is 5.91 Å². The first-order chi connectivity index (χ1) is 9.13. The van der Waals surface area contributed by atoms with Crippen LogP contribution in [0.15, 0.2) is 23.0 Å². The zero-order valence-electron chi connectivity index (χ0n) is 10.1. The number of aromatic amines is 2. The van der Waals surface area contributed by atoms with E-state index in [1.165, 1.54) is 0 Å². The third kappa shape index (κ3) is 2.25. The fourth-order valence-electron chi connectivity index (χ4n) is 2.19. The lowest BCUT2D eigenvalue weighted by molar-refractivity contribution is -0.120. The van der Waals surface area contributed by atoms with Crippen LogP contribution in [0.4, 0.5) is 5.69 Å². The van der Waals surface area contributed by atoms with Gasteiger partial charge in [0.25, 0.3) is 0 Å². The number of fused-ring (bicyclic) bond motifs is 1. The Bertz CT molecular complexity index is 675. The van der Waals surface area contributed by atoms with Crippen LogP contribution in [0, 0.1) is 5.92 Å². The molecule has 1 amide bonds. The maximum atomic E-state index is 12.0. The number of H-pyrrole nitrogens is 2. The molecule has 0 saturated carbocycles. The zero-order chi connectivity index (χ0) is 13.4. The second-order valence-electron chi connectivity index (χ2n) is 4.64. The van der Waals surface area contributed by atoms with Crippen molar-refractivity contribution in [2.45, 2.75) is 6.04 Å².